The van der Waals surface area contributed by atoms with Crippen LogP contribution >= 0.6 is 0 Å². The molecule has 1 rings (SSSR count). The number of hydrogen-bond donors (Lipinski definition) is 2. The molecule has 0 aliphatic heterocycles. The van der Waals surface area contributed by atoms with Crippen LogP contribution in [0.5, 0.6) is 0 Å². The number of carbonyl (C=O) groups is 1. The van der Waals surface area contributed by atoms with Crippen LogP contribution in [-0.2, 0) is 10.2 Å². The molecular formula is C13H20N2O. The molecule has 3 heteroatoms. The van der Waals surface area contributed by atoms with Gasteiger partial charge in [-0.15, -0.1) is 0 Å². The van der Waals surface area contributed by atoms with Crippen molar-refractivity contribution in [3.05, 3.63) is 35.9 Å². The Morgan fingerprint density at radius 1 is 1.38 bits per heavy atom. The monoisotopic (exact) mass is 220 g/mol. The lowest BCUT2D eigenvalue weighted by Crippen LogP contribution is -2.42. The van der Waals surface area contributed by atoms with E-state index < -0.39 is 5.41 Å². The van der Waals surface area contributed by atoms with E-state index in [1.807, 2.05) is 44.3 Å². The first kappa shape index (κ1) is 12.7. The Kier molecular flexibility index (Phi) is 4.50. The normalized spacial score (nSPS) is 14.4. The standard InChI is InChI=1S/C13H20N2O/c1-3-13(12(14)16,9-10-15-2)11-7-5-4-6-8-11/h4-8,15H,3,9-10H2,1-2H3,(H2,14,16). The molecule has 0 heterocycles. The van der Waals surface area contributed by atoms with Crippen LogP contribution in [-0.4, -0.2) is 19.5 Å². The highest BCUT2D eigenvalue weighted by molar-refractivity contribution is 5.86. The van der Waals surface area contributed by atoms with E-state index in [4.69, 9.17) is 5.73 Å². The van der Waals surface area contributed by atoms with Crippen molar-refractivity contribution in [3.8, 4) is 0 Å². The molecule has 16 heavy (non-hydrogen) atoms. The fraction of sp³-hybridized carbons (Fsp3) is 0.462. The average molecular weight is 220 g/mol. The Labute approximate surface area is 97.0 Å². The zero-order valence-electron chi connectivity index (χ0n) is 9.99. The second-order valence-corrected chi connectivity index (χ2v) is 4.02. The van der Waals surface area contributed by atoms with Crippen LogP contribution in [0.15, 0.2) is 30.3 Å². The Bertz CT molecular complexity index is 337. The fourth-order valence-electron chi connectivity index (χ4n) is 2.06. The summed E-state index contributed by atoms with van der Waals surface area (Å²) in [5.41, 5.74) is 6.06. The maximum absolute atomic E-state index is 11.8. The van der Waals surface area contributed by atoms with Crippen LogP contribution < -0.4 is 11.1 Å². The number of nitrogens with two attached hydrogens (primary N) is 1. The first-order chi connectivity index (χ1) is 7.67. The molecule has 1 amide bonds. The van der Waals surface area contributed by atoms with Gasteiger partial charge in [0.1, 0.15) is 0 Å². The minimum atomic E-state index is -0.537. The topological polar surface area (TPSA) is 55.1 Å². The van der Waals surface area contributed by atoms with E-state index in [1.165, 1.54) is 0 Å². The quantitative estimate of drug-likeness (QED) is 0.762. The first-order valence-corrected chi connectivity index (χ1v) is 5.67. The van der Waals surface area contributed by atoms with E-state index in [1.54, 1.807) is 0 Å². The van der Waals surface area contributed by atoms with Crippen molar-refractivity contribution < 1.29 is 4.79 Å². The number of benzene rings is 1. The molecule has 1 unspecified atom stereocenters. The van der Waals surface area contributed by atoms with Crippen LogP contribution in [0, 0.1) is 0 Å². The highest BCUT2D eigenvalue weighted by atomic mass is 16.1. The number of carbonyl (C=O) groups excluding carboxylic acids is 1. The lowest BCUT2D eigenvalue weighted by atomic mass is 9.74. The summed E-state index contributed by atoms with van der Waals surface area (Å²) in [5, 5.41) is 3.07. The van der Waals surface area contributed by atoms with Crippen molar-refractivity contribution in [3.63, 3.8) is 0 Å². The van der Waals surface area contributed by atoms with Crippen LogP contribution in [0.2, 0.25) is 0 Å². The molecule has 0 spiro atoms. The van der Waals surface area contributed by atoms with E-state index >= 15 is 0 Å². The predicted molar refractivity (Wildman–Crippen MR) is 66.1 cm³/mol. The Morgan fingerprint density at radius 2 is 2.00 bits per heavy atom. The fourth-order valence-corrected chi connectivity index (χ4v) is 2.06. The summed E-state index contributed by atoms with van der Waals surface area (Å²) >= 11 is 0. The Hall–Kier alpha value is -1.35. The van der Waals surface area contributed by atoms with Gasteiger partial charge in [-0.2, -0.15) is 0 Å². The van der Waals surface area contributed by atoms with Crippen molar-refractivity contribution in [1.82, 2.24) is 5.32 Å². The molecular weight excluding hydrogens is 200 g/mol. The smallest absolute Gasteiger partial charge is 0.228 e. The number of primary amides is 1. The highest BCUT2D eigenvalue weighted by Crippen LogP contribution is 2.31. The maximum Gasteiger partial charge on any atom is 0.228 e. The molecule has 1 aromatic rings. The zero-order valence-corrected chi connectivity index (χ0v) is 9.99. The maximum atomic E-state index is 11.8. The van der Waals surface area contributed by atoms with Crippen molar-refractivity contribution in [2.24, 2.45) is 5.73 Å². The molecule has 0 aromatic heterocycles. The van der Waals surface area contributed by atoms with Crippen LogP contribution in [0.1, 0.15) is 25.3 Å². The van der Waals surface area contributed by atoms with Gasteiger partial charge in [-0.05, 0) is 32.0 Å². The SMILES string of the molecule is CCC(CCNC)(C(N)=O)c1ccccc1. The second-order valence-electron chi connectivity index (χ2n) is 4.02. The van der Waals surface area contributed by atoms with Crippen molar-refractivity contribution >= 4 is 5.91 Å². The van der Waals surface area contributed by atoms with E-state index in [2.05, 4.69) is 5.32 Å². The number of rotatable bonds is 6. The van der Waals surface area contributed by atoms with Crippen LogP contribution in [0.4, 0.5) is 0 Å². The molecule has 0 bridgehead atoms. The zero-order chi connectivity index (χ0) is 12.0. The van der Waals surface area contributed by atoms with Crippen LogP contribution in [0.3, 0.4) is 0 Å². The molecule has 0 radical (unpaired) electrons. The molecule has 0 saturated heterocycles. The van der Waals surface area contributed by atoms with Gasteiger partial charge in [0.2, 0.25) is 5.91 Å². The summed E-state index contributed by atoms with van der Waals surface area (Å²) in [6.07, 6.45) is 1.47. The molecule has 88 valence electrons. The summed E-state index contributed by atoms with van der Waals surface area (Å²) in [5.74, 6) is -0.239. The minimum Gasteiger partial charge on any atom is -0.369 e. The number of hydrogen-bond acceptors (Lipinski definition) is 2. The van der Waals surface area contributed by atoms with Gasteiger partial charge in [0.05, 0.1) is 5.41 Å². The first-order valence-electron chi connectivity index (χ1n) is 5.67. The van der Waals surface area contributed by atoms with Gasteiger partial charge < -0.3 is 11.1 Å². The Morgan fingerprint density at radius 3 is 2.44 bits per heavy atom. The van der Waals surface area contributed by atoms with Crippen molar-refractivity contribution in [2.45, 2.75) is 25.2 Å². The van der Waals surface area contributed by atoms with Gasteiger partial charge in [-0.25, -0.2) is 0 Å². The van der Waals surface area contributed by atoms with Crippen LogP contribution in [0.25, 0.3) is 0 Å². The molecule has 1 aromatic carbocycles. The van der Waals surface area contributed by atoms with E-state index in [9.17, 15) is 4.79 Å². The summed E-state index contributed by atoms with van der Waals surface area (Å²) in [7, 11) is 1.88. The summed E-state index contributed by atoms with van der Waals surface area (Å²) in [4.78, 5) is 11.8. The van der Waals surface area contributed by atoms with Crippen molar-refractivity contribution in [1.29, 1.82) is 0 Å². The third-order valence-corrected chi connectivity index (χ3v) is 3.20. The molecule has 0 aliphatic rings. The molecule has 0 saturated carbocycles. The highest BCUT2D eigenvalue weighted by Gasteiger charge is 2.35. The largest absolute Gasteiger partial charge is 0.369 e. The minimum absolute atomic E-state index is 0.239. The van der Waals surface area contributed by atoms with Gasteiger partial charge in [-0.3, -0.25) is 4.79 Å². The molecule has 0 fully saturated rings. The van der Waals surface area contributed by atoms with E-state index in [0.29, 0.717) is 0 Å². The van der Waals surface area contributed by atoms with Gasteiger partial charge in [-0.1, -0.05) is 37.3 Å². The van der Waals surface area contributed by atoms with Gasteiger partial charge >= 0.3 is 0 Å². The molecule has 3 N–H and O–H groups in total. The third kappa shape index (κ3) is 2.42. The Balaban J connectivity index is 3.07. The average Bonchev–Trinajstić information content (AvgIpc) is 2.31. The number of nitrogens with one attached hydrogen (secondary N) is 1. The molecule has 1 atom stereocenters. The molecule has 3 nitrogen and oxygen atoms in total. The second kappa shape index (κ2) is 5.66. The van der Waals surface area contributed by atoms with Crippen molar-refractivity contribution in [2.75, 3.05) is 13.6 Å². The van der Waals surface area contributed by atoms with Gasteiger partial charge in [0.15, 0.2) is 0 Å². The molecule has 0 aliphatic carbocycles. The predicted octanol–water partition coefficient (Wildman–Crippen LogP) is 1.43. The number of amides is 1. The summed E-state index contributed by atoms with van der Waals surface area (Å²) < 4.78 is 0. The van der Waals surface area contributed by atoms with E-state index in [-0.39, 0.29) is 5.91 Å². The summed E-state index contributed by atoms with van der Waals surface area (Å²) in [6.45, 7) is 2.79. The lowest BCUT2D eigenvalue weighted by molar-refractivity contribution is -0.124. The van der Waals surface area contributed by atoms with E-state index in [0.717, 1.165) is 24.9 Å². The third-order valence-electron chi connectivity index (χ3n) is 3.20. The van der Waals surface area contributed by atoms with Gasteiger partial charge in [0, 0.05) is 0 Å². The lowest BCUT2D eigenvalue weighted by Gasteiger charge is -2.30. The van der Waals surface area contributed by atoms with Gasteiger partial charge in [0.25, 0.3) is 0 Å². The summed E-state index contributed by atoms with van der Waals surface area (Å²) in [6, 6.07) is 9.79.